The fourth-order valence-corrected chi connectivity index (χ4v) is 2.60. The molecule has 1 aliphatic rings. The minimum Gasteiger partial charge on any atom is -0.381 e. The second-order valence-electron chi connectivity index (χ2n) is 5.46. The molecule has 1 atom stereocenters. The highest BCUT2D eigenvalue weighted by molar-refractivity contribution is 14.0. The Balaban J connectivity index is 0.00000242. The minimum absolute atomic E-state index is 0. The van der Waals surface area contributed by atoms with E-state index in [9.17, 15) is 4.39 Å². The van der Waals surface area contributed by atoms with Gasteiger partial charge in [0.15, 0.2) is 5.96 Å². The van der Waals surface area contributed by atoms with Gasteiger partial charge in [0, 0.05) is 39.7 Å². The predicted molar refractivity (Wildman–Crippen MR) is 98.4 cm³/mol. The molecule has 0 aromatic heterocycles. The number of hydrogen-bond donors (Lipinski definition) is 1. The Bertz CT molecular complexity index is 478. The number of nitrogens with one attached hydrogen (secondary N) is 1. The maximum absolute atomic E-state index is 13.1. The van der Waals surface area contributed by atoms with Crippen molar-refractivity contribution in [3.8, 4) is 0 Å². The smallest absolute Gasteiger partial charge is 0.193 e. The fraction of sp³-hybridized carbons (Fsp3) is 0.562. The van der Waals surface area contributed by atoms with Gasteiger partial charge in [-0.2, -0.15) is 0 Å². The van der Waals surface area contributed by atoms with E-state index < -0.39 is 0 Å². The number of hydrogen-bond acceptors (Lipinski definition) is 2. The van der Waals surface area contributed by atoms with Crippen LogP contribution in [0.25, 0.3) is 0 Å². The van der Waals surface area contributed by atoms with Gasteiger partial charge in [0.25, 0.3) is 0 Å². The Morgan fingerprint density at radius 3 is 2.95 bits per heavy atom. The summed E-state index contributed by atoms with van der Waals surface area (Å²) in [5.74, 6) is 1.27. The van der Waals surface area contributed by atoms with Crippen LogP contribution >= 0.6 is 24.0 Å². The van der Waals surface area contributed by atoms with Crippen LogP contribution in [0.2, 0.25) is 0 Å². The van der Waals surface area contributed by atoms with Crippen molar-refractivity contribution in [3.63, 3.8) is 0 Å². The maximum atomic E-state index is 13.1. The van der Waals surface area contributed by atoms with E-state index in [1.807, 2.05) is 13.1 Å². The lowest BCUT2D eigenvalue weighted by atomic mass is 10.1. The van der Waals surface area contributed by atoms with Crippen LogP contribution in [-0.4, -0.2) is 51.3 Å². The number of ether oxygens (including phenoxy) is 1. The fourth-order valence-electron chi connectivity index (χ4n) is 2.60. The third-order valence-electron chi connectivity index (χ3n) is 3.72. The van der Waals surface area contributed by atoms with Crippen LogP contribution in [0.15, 0.2) is 29.3 Å². The molecule has 1 saturated heterocycles. The maximum Gasteiger partial charge on any atom is 0.193 e. The molecule has 1 aromatic rings. The number of nitrogens with zero attached hydrogens (tertiary/aromatic N) is 2. The standard InChI is InChI=1S/C16H24FN3O.HI/c1-18-16(20(2)11-14-7-9-21-12-14)19-8-6-13-4-3-5-15(17)10-13;/h3-5,10,14H,6-9,11-12H2,1-2H3,(H,18,19);1H. The van der Waals surface area contributed by atoms with Crippen molar-refractivity contribution in [2.24, 2.45) is 10.9 Å². The molecule has 0 saturated carbocycles. The van der Waals surface area contributed by atoms with Gasteiger partial charge in [0.2, 0.25) is 0 Å². The molecule has 124 valence electrons. The van der Waals surface area contributed by atoms with Crippen molar-refractivity contribution in [2.45, 2.75) is 12.8 Å². The Hall–Kier alpha value is -0.890. The second-order valence-corrected chi connectivity index (χ2v) is 5.46. The van der Waals surface area contributed by atoms with Gasteiger partial charge in [0.05, 0.1) is 6.61 Å². The topological polar surface area (TPSA) is 36.9 Å². The summed E-state index contributed by atoms with van der Waals surface area (Å²) in [6, 6.07) is 6.72. The van der Waals surface area contributed by atoms with Gasteiger partial charge < -0.3 is 15.0 Å². The number of benzene rings is 1. The minimum atomic E-state index is -0.185. The molecule has 1 unspecified atom stereocenters. The van der Waals surface area contributed by atoms with Gasteiger partial charge in [-0.25, -0.2) is 4.39 Å². The van der Waals surface area contributed by atoms with E-state index in [0.29, 0.717) is 5.92 Å². The summed E-state index contributed by atoms with van der Waals surface area (Å²) in [6.45, 7) is 3.38. The zero-order valence-corrected chi connectivity index (χ0v) is 15.5. The third-order valence-corrected chi connectivity index (χ3v) is 3.72. The van der Waals surface area contributed by atoms with Crippen molar-refractivity contribution >= 4 is 29.9 Å². The van der Waals surface area contributed by atoms with Gasteiger partial charge in [-0.3, -0.25) is 4.99 Å². The molecule has 0 amide bonds. The van der Waals surface area contributed by atoms with Gasteiger partial charge in [-0.15, -0.1) is 24.0 Å². The molecule has 0 bridgehead atoms. The second kappa shape index (κ2) is 9.99. The lowest BCUT2D eigenvalue weighted by Gasteiger charge is -2.24. The predicted octanol–water partition coefficient (Wildman–Crippen LogP) is 2.53. The van der Waals surface area contributed by atoms with E-state index in [4.69, 9.17) is 4.74 Å². The number of guanidine groups is 1. The summed E-state index contributed by atoms with van der Waals surface area (Å²) in [7, 11) is 3.82. The van der Waals surface area contributed by atoms with Gasteiger partial charge in [-0.05, 0) is 30.5 Å². The summed E-state index contributed by atoms with van der Waals surface area (Å²) in [5, 5.41) is 3.32. The SMILES string of the molecule is CN=C(NCCc1cccc(F)c1)N(C)CC1CCOC1.I. The lowest BCUT2D eigenvalue weighted by molar-refractivity contribution is 0.181. The molecule has 4 nitrogen and oxygen atoms in total. The number of rotatable bonds is 5. The Morgan fingerprint density at radius 2 is 2.32 bits per heavy atom. The molecular formula is C16H25FIN3O. The van der Waals surface area contributed by atoms with Crippen molar-refractivity contribution in [1.29, 1.82) is 0 Å². The molecule has 0 spiro atoms. The van der Waals surface area contributed by atoms with Crippen molar-refractivity contribution in [2.75, 3.05) is 40.4 Å². The number of halogens is 2. The highest BCUT2D eigenvalue weighted by Crippen LogP contribution is 2.13. The van der Waals surface area contributed by atoms with Crippen LogP contribution in [-0.2, 0) is 11.2 Å². The summed E-state index contributed by atoms with van der Waals surface area (Å²) in [5.41, 5.74) is 0.991. The Morgan fingerprint density at radius 1 is 1.50 bits per heavy atom. The van der Waals surface area contributed by atoms with Crippen LogP contribution < -0.4 is 5.32 Å². The molecule has 1 aromatic carbocycles. The molecule has 0 aliphatic carbocycles. The molecule has 1 N–H and O–H groups in total. The van der Waals surface area contributed by atoms with Gasteiger partial charge >= 0.3 is 0 Å². The zero-order chi connectivity index (χ0) is 15.1. The van der Waals surface area contributed by atoms with E-state index in [0.717, 1.165) is 50.7 Å². The first-order chi connectivity index (χ1) is 10.2. The molecule has 1 fully saturated rings. The van der Waals surface area contributed by atoms with E-state index in [2.05, 4.69) is 15.2 Å². The third kappa shape index (κ3) is 6.08. The molecule has 0 radical (unpaired) electrons. The molecule has 6 heteroatoms. The molecule has 1 aliphatic heterocycles. The summed E-state index contributed by atoms with van der Waals surface area (Å²) in [6.07, 6.45) is 1.89. The average Bonchev–Trinajstić information content (AvgIpc) is 2.96. The highest BCUT2D eigenvalue weighted by Gasteiger charge is 2.18. The van der Waals surface area contributed by atoms with Crippen LogP contribution in [0, 0.1) is 11.7 Å². The summed E-state index contributed by atoms with van der Waals surface area (Å²) < 4.78 is 18.5. The lowest BCUT2D eigenvalue weighted by Crippen LogP contribution is -2.42. The average molecular weight is 421 g/mol. The first-order valence-corrected chi connectivity index (χ1v) is 7.43. The monoisotopic (exact) mass is 421 g/mol. The highest BCUT2D eigenvalue weighted by atomic mass is 127. The van der Waals surface area contributed by atoms with Gasteiger partial charge in [-0.1, -0.05) is 12.1 Å². The summed E-state index contributed by atoms with van der Waals surface area (Å²) in [4.78, 5) is 6.43. The van der Waals surface area contributed by atoms with E-state index >= 15 is 0 Å². The van der Waals surface area contributed by atoms with E-state index in [1.54, 1.807) is 19.2 Å². The van der Waals surface area contributed by atoms with Crippen LogP contribution in [0.1, 0.15) is 12.0 Å². The van der Waals surface area contributed by atoms with Crippen molar-refractivity contribution in [1.82, 2.24) is 10.2 Å². The summed E-state index contributed by atoms with van der Waals surface area (Å²) >= 11 is 0. The van der Waals surface area contributed by atoms with Crippen LogP contribution in [0.3, 0.4) is 0 Å². The largest absolute Gasteiger partial charge is 0.381 e. The molecule has 2 rings (SSSR count). The Kier molecular flexibility index (Phi) is 8.70. The molecular weight excluding hydrogens is 396 g/mol. The van der Waals surface area contributed by atoms with Crippen LogP contribution in [0.4, 0.5) is 4.39 Å². The quantitative estimate of drug-likeness (QED) is 0.451. The van der Waals surface area contributed by atoms with Gasteiger partial charge in [0.1, 0.15) is 5.82 Å². The molecule has 22 heavy (non-hydrogen) atoms. The van der Waals surface area contributed by atoms with E-state index in [1.165, 1.54) is 6.07 Å². The normalized spacial score (nSPS) is 18.0. The number of aliphatic imine (C=N–C) groups is 1. The Labute approximate surface area is 149 Å². The first-order valence-electron chi connectivity index (χ1n) is 7.43. The van der Waals surface area contributed by atoms with Crippen LogP contribution in [0.5, 0.6) is 0 Å². The molecule has 1 heterocycles. The van der Waals surface area contributed by atoms with Crippen molar-refractivity contribution in [3.05, 3.63) is 35.6 Å². The zero-order valence-electron chi connectivity index (χ0n) is 13.2. The van der Waals surface area contributed by atoms with Crippen molar-refractivity contribution < 1.29 is 9.13 Å². The van der Waals surface area contributed by atoms with E-state index in [-0.39, 0.29) is 29.8 Å². The first kappa shape index (κ1) is 19.2.